The van der Waals surface area contributed by atoms with Crippen molar-refractivity contribution < 1.29 is 0 Å². The Balaban J connectivity index is 2.64. The van der Waals surface area contributed by atoms with Gasteiger partial charge in [-0.3, -0.25) is 0 Å². The van der Waals surface area contributed by atoms with Crippen LogP contribution in [0.1, 0.15) is 5.56 Å². The predicted molar refractivity (Wildman–Crippen MR) is 58.8 cm³/mol. The fraction of sp³-hybridized carbons (Fsp3) is 0.100. The van der Waals surface area contributed by atoms with Crippen molar-refractivity contribution in [2.75, 3.05) is 11.5 Å². The molecule has 0 aliphatic carbocycles. The van der Waals surface area contributed by atoms with Crippen LogP contribution in [-0.2, 0) is 0 Å². The van der Waals surface area contributed by atoms with Gasteiger partial charge >= 0.3 is 0 Å². The monoisotopic (exact) mass is 201 g/mol. The third-order valence-corrected chi connectivity index (χ3v) is 2.11. The lowest BCUT2D eigenvalue weighted by Gasteiger charge is -2.08. The van der Waals surface area contributed by atoms with Crippen LogP contribution in [0.15, 0.2) is 24.8 Å². The van der Waals surface area contributed by atoms with Crippen molar-refractivity contribution in [3.05, 3.63) is 30.4 Å². The molecule has 0 aliphatic heterocycles. The van der Waals surface area contributed by atoms with Crippen molar-refractivity contribution in [2.24, 2.45) is 0 Å². The summed E-state index contributed by atoms with van der Waals surface area (Å²) in [6.07, 6.45) is 2.88. The van der Waals surface area contributed by atoms with E-state index >= 15 is 0 Å². The van der Waals surface area contributed by atoms with Crippen LogP contribution in [0, 0.1) is 6.92 Å². The Bertz CT molecular complexity index is 457. The molecule has 0 atom stereocenters. The number of nitrogens with zero attached hydrogens (tertiary/aromatic N) is 3. The minimum absolute atomic E-state index is 0.569. The standard InChI is InChI=1S/C10H11N5/c1-6-2-7(11)3-8(12)9(6)10-14-4-13-5-15-10/h2-5H,11-12H2,1H3. The average Bonchev–Trinajstić information content (AvgIpc) is 2.17. The molecule has 1 aromatic heterocycles. The molecule has 0 fully saturated rings. The lowest BCUT2D eigenvalue weighted by Crippen LogP contribution is -1.99. The second kappa shape index (κ2) is 3.53. The fourth-order valence-corrected chi connectivity index (χ4v) is 1.52. The Morgan fingerprint density at radius 1 is 1.07 bits per heavy atom. The molecule has 5 heteroatoms. The molecule has 0 spiro atoms. The topological polar surface area (TPSA) is 90.7 Å². The van der Waals surface area contributed by atoms with Gasteiger partial charge in [-0.1, -0.05) is 0 Å². The highest BCUT2D eigenvalue weighted by Gasteiger charge is 2.09. The molecule has 5 nitrogen and oxygen atoms in total. The molecule has 0 unspecified atom stereocenters. The Kier molecular flexibility index (Phi) is 2.21. The molecular weight excluding hydrogens is 190 g/mol. The second-order valence-electron chi connectivity index (χ2n) is 3.26. The summed E-state index contributed by atoms with van der Waals surface area (Å²) in [6, 6.07) is 3.54. The number of nitrogen functional groups attached to an aromatic ring is 2. The zero-order valence-electron chi connectivity index (χ0n) is 8.31. The molecule has 4 N–H and O–H groups in total. The van der Waals surface area contributed by atoms with Gasteiger partial charge in [-0.2, -0.15) is 0 Å². The highest BCUT2D eigenvalue weighted by Crippen LogP contribution is 2.28. The first kappa shape index (κ1) is 9.39. The molecule has 0 amide bonds. The molecule has 1 heterocycles. The summed E-state index contributed by atoms with van der Waals surface area (Å²) in [6.45, 7) is 1.92. The minimum Gasteiger partial charge on any atom is -0.399 e. The lowest BCUT2D eigenvalue weighted by molar-refractivity contribution is 1.05. The molecular formula is C10H11N5. The second-order valence-corrected chi connectivity index (χ2v) is 3.26. The van der Waals surface area contributed by atoms with Crippen LogP contribution < -0.4 is 11.5 Å². The van der Waals surface area contributed by atoms with E-state index in [1.807, 2.05) is 13.0 Å². The van der Waals surface area contributed by atoms with E-state index in [1.165, 1.54) is 12.7 Å². The first-order valence-electron chi connectivity index (χ1n) is 4.46. The predicted octanol–water partition coefficient (Wildman–Crippen LogP) is 1.01. The van der Waals surface area contributed by atoms with Crippen LogP contribution in [0.4, 0.5) is 11.4 Å². The summed E-state index contributed by atoms with van der Waals surface area (Å²) >= 11 is 0. The zero-order valence-corrected chi connectivity index (χ0v) is 8.31. The van der Waals surface area contributed by atoms with Crippen molar-refractivity contribution >= 4 is 11.4 Å². The maximum absolute atomic E-state index is 5.87. The highest BCUT2D eigenvalue weighted by molar-refractivity contribution is 5.78. The smallest absolute Gasteiger partial charge is 0.164 e. The van der Waals surface area contributed by atoms with Crippen molar-refractivity contribution in [2.45, 2.75) is 6.92 Å². The summed E-state index contributed by atoms with van der Waals surface area (Å²) in [5, 5.41) is 0. The molecule has 0 saturated carbocycles. The minimum atomic E-state index is 0.569. The molecule has 0 bridgehead atoms. The Labute approximate surface area is 87.2 Å². The van der Waals surface area contributed by atoms with Gasteiger partial charge in [-0.15, -0.1) is 0 Å². The van der Waals surface area contributed by atoms with Crippen LogP contribution in [0.2, 0.25) is 0 Å². The van der Waals surface area contributed by atoms with E-state index in [1.54, 1.807) is 6.07 Å². The normalized spacial score (nSPS) is 10.2. The number of rotatable bonds is 1. The number of anilines is 2. The van der Waals surface area contributed by atoms with E-state index in [9.17, 15) is 0 Å². The van der Waals surface area contributed by atoms with Crippen LogP contribution >= 0.6 is 0 Å². The van der Waals surface area contributed by atoms with E-state index in [-0.39, 0.29) is 0 Å². The van der Waals surface area contributed by atoms with E-state index in [4.69, 9.17) is 11.5 Å². The molecule has 2 aromatic rings. The third kappa shape index (κ3) is 1.71. The Hall–Kier alpha value is -2.17. The van der Waals surface area contributed by atoms with Gasteiger partial charge in [-0.05, 0) is 24.6 Å². The van der Waals surface area contributed by atoms with E-state index in [0.717, 1.165) is 11.1 Å². The van der Waals surface area contributed by atoms with E-state index in [2.05, 4.69) is 15.0 Å². The summed E-state index contributed by atoms with van der Waals surface area (Å²) in [5.41, 5.74) is 14.5. The van der Waals surface area contributed by atoms with Gasteiger partial charge in [0.1, 0.15) is 12.7 Å². The van der Waals surface area contributed by atoms with Crippen LogP contribution in [0.25, 0.3) is 11.4 Å². The number of aryl methyl sites for hydroxylation is 1. The quantitative estimate of drug-likeness (QED) is 0.672. The highest BCUT2D eigenvalue weighted by atomic mass is 15.0. The third-order valence-electron chi connectivity index (χ3n) is 2.11. The van der Waals surface area contributed by atoms with Crippen LogP contribution in [0.3, 0.4) is 0 Å². The molecule has 0 radical (unpaired) electrons. The van der Waals surface area contributed by atoms with Crippen LogP contribution in [-0.4, -0.2) is 15.0 Å². The van der Waals surface area contributed by atoms with Gasteiger partial charge in [0.25, 0.3) is 0 Å². The summed E-state index contributed by atoms with van der Waals surface area (Å²) in [7, 11) is 0. The summed E-state index contributed by atoms with van der Waals surface area (Å²) in [5.74, 6) is 0.569. The van der Waals surface area contributed by atoms with Crippen LogP contribution in [0.5, 0.6) is 0 Å². The van der Waals surface area contributed by atoms with E-state index < -0.39 is 0 Å². The average molecular weight is 201 g/mol. The van der Waals surface area contributed by atoms with Crippen molar-refractivity contribution in [3.8, 4) is 11.4 Å². The first-order chi connectivity index (χ1) is 7.18. The van der Waals surface area contributed by atoms with E-state index in [0.29, 0.717) is 17.2 Å². The molecule has 0 aliphatic rings. The maximum atomic E-state index is 5.87. The fourth-order valence-electron chi connectivity index (χ4n) is 1.52. The Morgan fingerprint density at radius 2 is 1.73 bits per heavy atom. The van der Waals surface area contributed by atoms with Gasteiger partial charge in [0.2, 0.25) is 0 Å². The van der Waals surface area contributed by atoms with Crippen molar-refractivity contribution in [1.29, 1.82) is 0 Å². The van der Waals surface area contributed by atoms with Gasteiger partial charge in [0.05, 0.1) is 0 Å². The number of hydrogen-bond acceptors (Lipinski definition) is 5. The molecule has 1 aromatic carbocycles. The molecule has 2 rings (SSSR count). The van der Waals surface area contributed by atoms with Crippen molar-refractivity contribution in [1.82, 2.24) is 15.0 Å². The van der Waals surface area contributed by atoms with Gasteiger partial charge in [0.15, 0.2) is 5.82 Å². The Morgan fingerprint density at radius 3 is 2.33 bits per heavy atom. The number of aromatic nitrogens is 3. The number of hydrogen-bond donors (Lipinski definition) is 2. The van der Waals surface area contributed by atoms with Gasteiger partial charge in [-0.25, -0.2) is 15.0 Å². The maximum Gasteiger partial charge on any atom is 0.164 e. The molecule has 76 valence electrons. The zero-order chi connectivity index (χ0) is 10.8. The number of benzene rings is 1. The first-order valence-corrected chi connectivity index (χ1v) is 4.46. The summed E-state index contributed by atoms with van der Waals surface area (Å²) < 4.78 is 0. The SMILES string of the molecule is Cc1cc(N)cc(N)c1-c1ncncn1. The van der Waals surface area contributed by atoms with Gasteiger partial charge in [0, 0.05) is 16.9 Å². The van der Waals surface area contributed by atoms with Gasteiger partial charge < -0.3 is 11.5 Å². The van der Waals surface area contributed by atoms with Crippen molar-refractivity contribution in [3.63, 3.8) is 0 Å². The summed E-state index contributed by atoms with van der Waals surface area (Å²) in [4.78, 5) is 11.9. The lowest BCUT2D eigenvalue weighted by atomic mass is 10.1. The molecule has 0 saturated heterocycles. The number of nitrogens with two attached hydrogens (primary N) is 2. The molecule has 15 heavy (non-hydrogen) atoms. The largest absolute Gasteiger partial charge is 0.399 e.